The van der Waals surface area contributed by atoms with Crippen molar-refractivity contribution in [2.24, 2.45) is 5.73 Å². The molecule has 0 saturated heterocycles. The number of nitrogens with two attached hydrogens (primary N) is 1. The van der Waals surface area contributed by atoms with Gasteiger partial charge in [-0.3, -0.25) is 0 Å². The van der Waals surface area contributed by atoms with Gasteiger partial charge in [-0.2, -0.15) is 0 Å². The topological polar surface area (TPSA) is 41.3 Å². The molecule has 13 heavy (non-hydrogen) atoms. The van der Waals surface area contributed by atoms with Gasteiger partial charge in [0.15, 0.2) is 0 Å². The molecule has 0 aliphatic heterocycles. The van der Waals surface area contributed by atoms with Gasteiger partial charge in [0.25, 0.3) is 0 Å². The minimum absolute atomic E-state index is 0.484. The van der Waals surface area contributed by atoms with Gasteiger partial charge in [-0.05, 0) is 0 Å². The SMILES string of the molecule is NCCN(CCNC(=S)S)C(=S)S. The van der Waals surface area contributed by atoms with Crippen LogP contribution >= 0.6 is 49.7 Å². The highest BCUT2D eigenvalue weighted by atomic mass is 32.1. The Kier molecular flexibility index (Phi) is 8.07. The van der Waals surface area contributed by atoms with Gasteiger partial charge < -0.3 is 16.0 Å². The van der Waals surface area contributed by atoms with Crippen LogP contribution < -0.4 is 11.1 Å². The quantitative estimate of drug-likeness (QED) is 0.419. The Balaban J connectivity index is 3.69. The third kappa shape index (κ3) is 7.51. The molecule has 0 aromatic rings. The monoisotopic (exact) mass is 255 g/mol. The average molecular weight is 255 g/mol. The molecule has 0 bridgehead atoms. The lowest BCUT2D eigenvalue weighted by Crippen LogP contribution is -2.37. The van der Waals surface area contributed by atoms with E-state index < -0.39 is 0 Å². The number of rotatable bonds is 5. The number of hydrogen-bond donors (Lipinski definition) is 4. The maximum absolute atomic E-state index is 5.40. The lowest BCUT2D eigenvalue weighted by molar-refractivity contribution is 0.446. The molecule has 0 rings (SSSR count). The minimum atomic E-state index is 0.484. The normalized spacial score (nSPS) is 9.46. The Morgan fingerprint density at radius 2 is 1.92 bits per heavy atom. The Hall–Kier alpha value is 0.440. The fourth-order valence-corrected chi connectivity index (χ4v) is 1.35. The van der Waals surface area contributed by atoms with E-state index in [4.69, 9.17) is 30.2 Å². The van der Waals surface area contributed by atoms with Crippen molar-refractivity contribution in [1.82, 2.24) is 10.2 Å². The van der Waals surface area contributed by atoms with Crippen molar-refractivity contribution in [3.63, 3.8) is 0 Å². The summed E-state index contributed by atoms with van der Waals surface area (Å²) < 4.78 is 1.04. The minimum Gasteiger partial charge on any atom is -0.369 e. The zero-order valence-electron chi connectivity index (χ0n) is 7.06. The summed E-state index contributed by atoms with van der Waals surface area (Å²) in [5.74, 6) is 0. The van der Waals surface area contributed by atoms with E-state index in [1.165, 1.54) is 0 Å². The first-order valence-corrected chi connectivity index (χ1v) is 5.43. The van der Waals surface area contributed by atoms with Crippen LogP contribution in [0.3, 0.4) is 0 Å². The summed E-state index contributed by atoms with van der Waals surface area (Å²) in [6.07, 6.45) is 0. The first-order valence-electron chi connectivity index (χ1n) is 3.72. The highest BCUT2D eigenvalue weighted by Crippen LogP contribution is 1.94. The molecule has 76 valence electrons. The van der Waals surface area contributed by atoms with Crippen molar-refractivity contribution < 1.29 is 0 Å². The summed E-state index contributed by atoms with van der Waals surface area (Å²) >= 11 is 17.7. The predicted octanol–water partition coefficient (Wildman–Crippen LogP) is 0.266. The van der Waals surface area contributed by atoms with Gasteiger partial charge in [-0.25, -0.2) is 0 Å². The largest absolute Gasteiger partial charge is 0.369 e. The van der Waals surface area contributed by atoms with Gasteiger partial charge in [0.2, 0.25) is 0 Å². The second kappa shape index (κ2) is 7.81. The maximum Gasteiger partial charge on any atom is 0.133 e. The third-order valence-electron chi connectivity index (χ3n) is 1.33. The summed E-state index contributed by atoms with van der Waals surface area (Å²) in [4.78, 5) is 1.90. The standard InChI is InChI=1S/C6H13N3S4/c7-1-3-9(6(12)13)4-2-8-5(10)11/h1-4,7H2,(H,12,13)(H2,8,10,11). The molecule has 3 N–H and O–H groups in total. The Morgan fingerprint density at radius 3 is 2.31 bits per heavy atom. The number of thiol groups is 2. The second-order valence-electron chi connectivity index (χ2n) is 2.29. The molecule has 3 nitrogen and oxygen atoms in total. The molecule has 0 amide bonds. The molecule has 0 heterocycles. The fraction of sp³-hybridized carbons (Fsp3) is 0.667. The first kappa shape index (κ1) is 13.4. The summed E-state index contributed by atoms with van der Waals surface area (Å²) in [5.41, 5.74) is 5.40. The van der Waals surface area contributed by atoms with E-state index in [-0.39, 0.29) is 0 Å². The van der Waals surface area contributed by atoms with Crippen LogP contribution in [0, 0.1) is 0 Å². The fourth-order valence-electron chi connectivity index (χ4n) is 0.757. The van der Waals surface area contributed by atoms with Crippen LogP contribution in [0.15, 0.2) is 0 Å². The number of thiocarbonyl (C=S) groups is 2. The molecule has 0 aliphatic rings. The second-order valence-corrected chi connectivity index (χ2v) is 4.56. The molecule has 0 fully saturated rings. The van der Waals surface area contributed by atoms with Crippen molar-refractivity contribution >= 4 is 58.3 Å². The van der Waals surface area contributed by atoms with Gasteiger partial charge >= 0.3 is 0 Å². The van der Waals surface area contributed by atoms with Crippen LogP contribution in [0.25, 0.3) is 0 Å². The molecule has 0 radical (unpaired) electrons. The van der Waals surface area contributed by atoms with E-state index in [9.17, 15) is 0 Å². The van der Waals surface area contributed by atoms with Gasteiger partial charge in [0, 0.05) is 26.2 Å². The van der Waals surface area contributed by atoms with Gasteiger partial charge in [0.05, 0.1) is 0 Å². The molecular formula is C6H13N3S4. The zero-order valence-corrected chi connectivity index (χ0v) is 10.5. The summed E-state index contributed by atoms with van der Waals surface area (Å²) in [5, 5.41) is 2.91. The smallest absolute Gasteiger partial charge is 0.133 e. The summed E-state index contributed by atoms with van der Waals surface area (Å²) in [7, 11) is 0. The Labute approximate surface area is 100 Å². The highest BCUT2D eigenvalue weighted by Gasteiger charge is 2.03. The Morgan fingerprint density at radius 1 is 1.31 bits per heavy atom. The summed E-state index contributed by atoms with van der Waals surface area (Å²) in [6.45, 7) is 2.71. The predicted molar refractivity (Wildman–Crippen MR) is 71.8 cm³/mol. The van der Waals surface area contributed by atoms with Crippen LogP contribution in [0.2, 0.25) is 0 Å². The lowest BCUT2D eigenvalue weighted by atomic mass is 10.5. The molecule has 0 saturated carbocycles. The number of nitrogens with zero attached hydrogens (tertiary/aromatic N) is 1. The first-order chi connectivity index (χ1) is 6.07. The number of hydrogen-bond acceptors (Lipinski definition) is 3. The van der Waals surface area contributed by atoms with Gasteiger partial charge in [0.1, 0.15) is 8.64 Å². The molecule has 0 atom stereocenters. The van der Waals surface area contributed by atoms with Crippen LogP contribution in [0.1, 0.15) is 0 Å². The molecule has 0 aliphatic carbocycles. The zero-order chi connectivity index (χ0) is 10.3. The molecular weight excluding hydrogens is 242 g/mol. The number of nitrogens with one attached hydrogen (secondary N) is 1. The van der Waals surface area contributed by atoms with E-state index in [0.717, 1.165) is 6.54 Å². The molecule has 0 aromatic carbocycles. The highest BCUT2D eigenvalue weighted by molar-refractivity contribution is 8.11. The van der Waals surface area contributed by atoms with Crippen molar-refractivity contribution in [3.8, 4) is 0 Å². The van der Waals surface area contributed by atoms with E-state index in [2.05, 4.69) is 30.6 Å². The van der Waals surface area contributed by atoms with E-state index in [1.54, 1.807) is 0 Å². The average Bonchev–Trinajstić information content (AvgIpc) is 2.02. The maximum atomic E-state index is 5.40. The van der Waals surface area contributed by atoms with Gasteiger partial charge in [-0.15, -0.1) is 25.3 Å². The lowest BCUT2D eigenvalue weighted by Gasteiger charge is -2.21. The molecule has 0 spiro atoms. The molecule has 7 heteroatoms. The third-order valence-corrected chi connectivity index (χ3v) is 2.17. The summed E-state index contributed by atoms with van der Waals surface area (Å²) in [6, 6.07) is 0. The van der Waals surface area contributed by atoms with Crippen LogP contribution in [0.4, 0.5) is 0 Å². The van der Waals surface area contributed by atoms with Crippen LogP contribution in [-0.2, 0) is 0 Å². The van der Waals surface area contributed by atoms with Crippen LogP contribution in [-0.4, -0.2) is 39.7 Å². The van der Waals surface area contributed by atoms with Crippen molar-refractivity contribution in [3.05, 3.63) is 0 Å². The van der Waals surface area contributed by atoms with Crippen molar-refractivity contribution in [1.29, 1.82) is 0 Å². The molecule has 0 aromatic heterocycles. The van der Waals surface area contributed by atoms with Gasteiger partial charge in [-0.1, -0.05) is 24.4 Å². The molecule has 0 unspecified atom stereocenters. The van der Waals surface area contributed by atoms with E-state index in [0.29, 0.717) is 28.3 Å². The van der Waals surface area contributed by atoms with Crippen molar-refractivity contribution in [2.75, 3.05) is 26.2 Å². The van der Waals surface area contributed by atoms with E-state index in [1.807, 2.05) is 4.90 Å². The van der Waals surface area contributed by atoms with E-state index >= 15 is 0 Å². The van der Waals surface area contributed by atoms with Crippen LogP contribution in [0.5, 0.6) is 0 Å². The van der Waals surface area contributed by atoms with Crippen molar-refractivity contribution in [2.45, 2.75) is 0 Å². The Bertz CT molecular complexity index is 185.